The quantitative estimate of drug-likeness (QED) is 0.0358. The van der Waals surface area contributed by atoms with Gasteiger partial charge in [0.15, 0.2) is 0 Å². The van der Waals surface area contributed by atoms with Crippen LogP contribution in [0.5, 0.6) is 0 Å². The van der Waals surface area contributed by atoms with Crippen LogP contribution < -0.4 is 5.32 Å². The summed E-state index contributed by atoms with van der Waals surface area (Å²) in [5.74, 6) is -1.44. The van der Waals surface area contributed by atoms with Gasteiger partial charge in [-0.05, 0) is 12.8 Å². The molecule has 0 spiro atoms. The molecular weight excluding hydrogens is 719 g/mol. The molecule has 0 fully saturated rings. The number of hydrogen-bond acceptors (Lipinski definition) is 5. The molecule has 0 rings (SSSR count). The van der Waals surface area contributed by atoms with Crippen LogP contribution in [0, 0.1) is 0 Å². The predicted molar refractivity (Wildman–Crippen MR) is 241 cm³/mol. The van der Waals surface area contributed by atoms with Gasteiger partial charge >= 0.3 is 0 Å². The maximum Gasteiger partial charge on any atom is 0.266 e. The Balaban J connectivity index is 3.83. The highest BCUT2D eigenvalue weighted by Crippen LogP contribution is 2.18. The van der Waals surface area contributed by atoms with Crippen molar-refractivity contribution in [3.63, 3.8) is 0 Å². The average Bonchev–Trinajstić information content (AvgIpc) is 3.17. The third kappa shape index (κ3) is 41.5. The maximum atomic E-state index is 12.7. The molecule has 8 heteroatoms. The van der Waals surface area contributed by atoms with Crippen molar-refractivity contribution < 1.29 is 28.0 Å². The molecule has 0 heterocycles. The average molecular weight is 816 g/mol. The monoisotopic (exact) mass is 816 g/mol. The minimum Gasteiger partial charge on any atom is -0.391 e. The molecule has 0 aliphatic heterocycles. The molecule has 56 heavy (non-hydrogen) atoms. The summed E-state index contributed by atoms with van der Waals surface area (Å²) in [6.45, 7) is 4.55. The van der Waals surface area contributed by atoms with Crippen LogP contribution in [0.2, 0.25) is 0 Å². The largest absolute Gasteiger partial charge is 0.391 e. The van der Waals surface area contributed by atoms with Crippen LogP contribution in [-0.2, 0) is 14.9 Å². The first kappa shape index (κ1) is 55.3. The molecule has 0 radical (unpaired) electrons. The van der Waals surface area contributed by atoms with E-state index in [4.69, 9.17) is 0 Å². The van der Waals surface area contributed by atoms with E-state index in [1.807, 2.05) is 0 Å². The Morgan fingerprint density at radius 2 is 0.643 bits per heavy atom. The molecule has 3 atom stereocenters. The Kier molecular flexibility index (Phi) is 41.9. The molecular formula is C48H97NO6S. The van der Waals surface area contributed by atoms with Crippen molar-refractivity contribution in [2.45, 2.75) is 295 Å². The second-order valence-electron chi connectivity index (χ2n) is 17.6. The molecule has 1 amide bonds. The molecule has 4 N–H and O–H groups in total. The number of unbranched alkanes of at least 4 members (excludes halogenated alkanes) is 37. The van der Waals surface area contributed by atoms with E-state index in [1.165, 1.54) is 205 Å². The van der Waals surface area contributed by atoms with Crippen LogP contribution in [0.25, 0.3) is 0 Å². The van der Waals surface area contributed by atoms with Crippen molar-refractivity contribution in [2.24, 2.45) is 0 Å². The summed E-state index contributed by atoms with van der Waals surface area (Å²) in [6, 6.07) is -1.14. The van der Waals surface area contributed by atoms with Gasteiger partial charge in [0.05, 0.1) is 17.9 Å². The lowest BCUT2D eigenvalue weighted by atomic mass is 10.0. The number of carbonyl (C=O) groups excluding carboxylic acids is 1. The van der Waals surface area contributed by atoms with Crippen molar-refractivity contribution >= 4 is 16.0 Å². The van der Waals surface area contributed by atoms with E-state index in [-0.39, 0.29) is 0 Å². The predicted octanol–water partition coefficient (Wildman–Crippen LogP) is 14.1. The zero-order valence-corrected chi connectivity index (χ0v) is 38.2. The third-order valence-electron chi connectivity index (χ3n) is 11.9. The van der Waals surface area contributed by atoms with Gasteiger partial charge < -0.3 is 15.5 Å². The first-order valence-electron chi connectivity index (χ1n) is 24.8. The Hall–Kier alpha value is -0.700. The molecule has 3 unspecified atom stereocenters. The standard InChI is InChI=1S/C48H97NO6S/c1-3-5-7-9-11-13-15-17-19-21-23-25-27-29-31-33-35-37-39-41-43-47(51)48(52)49-45(44-56(53,54)55)46(50)42-40-38-36-34-32-30-28-26-24-22-20-18-16-14-12-10-8-6-4-2/h45-47,50-51H,3-44H2,1-2H3,(H,49,52)(H,53,54,55). The Labute approximate surface area is 349 Å². The smallest absolute Gasteiger partial charge is 0.266 e. The highest BCUT2D eigenvalue weighted by Gasteiger charge is 2.28. The van der Waals surface area contributed by atoms with Crippen LogP contribution in [0.15, 0.2) is 0 Å². The highest BCUT2D eigenvalue weighted by atomic mass is 32.2. The molecule has 0 saturated carbocycles. The molecule has 7 nitrogen and oxygen atoms in total. The van der Waals surface area contributed by atoms with E-state index in [9.17, 15) is 28.0 Å². The summed E-state index contributed by atoms with van der Waals surface area (Å²) in [4.78, 5) is 12.7. The fraction of sp³-hybridized carbons (Fsp3) is 0.979. The third-order valence-corrected chi connectivity index (χ3v) is 12.7. The van der Waals surface area contributed by atoms with E-state index >= 15 is 0 Å². The Bertz CT molecular complexity index is 915. The zero-order chi connectivity index (χ0) is 41.2. The molecule has 0 aromatic heterocycles. The van der Waals surface area contributed by atoms with Crippen LogP contribution in [0.1, 0.15) is 277 Å². The van der Waals surface area contributed by atoms with Crippen molar-refractivity contribution in [3.8, 4) is 0 Å². The minimum absolute atomic E-state index is 0.304. The molecule has 0 bridgehead atoms. The number of carbonyl (C=O) groups is 1. The van der Waals surface area contributed by atoms with Crippen molar-refractivity contribution in [1.29, 1.82) is 0 Å². The summed E-state index contributed by atoms with van der Waals surface area (Å²) in [5, 5.41) is 23.7. The van der Waals surface area contributed by atoms with Crippen molar-refractivity contribution in [3.05, 3.63) is 0 Å². The van der Waals surface area contributed by atoms with Gasteiger partial charge in [0, 0.05) is 0 Å². The first-order valence-corrected chi connectivity index (χ1v) is 26.4. The van der Waals surface area contributed by atoms with E-state index in [0.29, 0.717) is 12.8 Å². The summed E-state index contributed by atoms with van der Waals surface area (Å²) >= 11 is 0. The summed E-state index contributed by atoms with van der Waals surface area (Å²) in [5.41, 5.74) is 0. The van der Waals surface area contributed by atoms with Crippen molar-refractivity contribution in [1.82, 2.24) is 5.32 Å². The summed E-state index contributed by atoms with van der Waals surface area (Å²) in [6.07, 6.45) is 48.4. The van der Waals surface area contributed by atoms with Crippen LogP contribution in [-0.4, -0.2) is 53.1 Å². The number of nitrogens with one attached hydrogen (secondary N) is 1. The van der Waals surface area contributed by atoms with Crippen LogP contribution in [0.4, 0.5) is 0 Å². The van der Waals surface area contributed by atoms with E-state index in [0.717, 1.165) is 44.9 Å². The summed E-state index contributed by atoms with van der Waals surface area (Å²) in [7, 11) is -4.41. The first-order chi connectivity index (χ1) is 27.2. The van der Waals surface area contributed by atoms with Crippen molar-refractivity contribution in [2.75, 3.05) is 5.75 Å². The Morgan fingerprint density at radius 1 is 0.411 bits per heavy atom. The second-order valence-corrected chi connectivity index (χ2v) is 19.1. The zero-order valence-electron chi connectivity index (χ0n) is 37.4. The maximum absolute atomic E-state index is 12.7. The lowest BCUT2D eigenvalue weighted by molar-refractivity contribution is -0.131. The van der Waals surface area contributed by atoms with E-state index in [2.05, 4.69) is 19.2 Å². The molecule has 0 saturated heterocycles. The van der Waals surface area contributed by atoms with Crippen LogP contribution in [0.3, 0.4) is 0 Å². The molecule has 336 valence electrons. The number of hydrogen-bond donors (Lipinski definition) is 4. The fourth-order valence-electron chi connectivity index (χ4n) is 8.11. The van der Waals surface area contributed by atoms with Gasteiger partial charge in [0.25, 0.3) is 10.1 Å². The normalized spacial score (nSPS) is 13.6. The lowest BCUT2D eigenvalue weighted by Gasteiger charge is -2.24. The second kappa shape index (κ2) is 42.4. The number of rotatable bonds is 46. The molecule has 0 aromatic carbocycles. The number of aliphatic hydroxyl groups is 2. The highest BCUT2D eigenvalue weighted by molar-refractivity contribution is 7.85. The van der Waals surface area contributed by atoms with Gasteiger partial charge in [0.2, 0.25) is 5.91 Å². The Morgan fingerprint density at radius 3 is 0.893 bits per heavy atom. The van der Waals surface area contributed by atoms with E-state index in [1.54, 1.807) is 0 Å². The fourth-order valence-corrected chi connectivity index (χ4v) is 8.87. The number of aliphatic hydroxyl groups excluding tert-OH is 2. The molecule has 0 aromatic rings. The van der Waals surface area contributed by atoms with Gasteiger partial charge in [0.1, 0.15) is 6.10 Å². The van der Waals surface area contributed by atoms with Gasteiger partial charge in [-0.1, -0.05) is 264 Å². The minimum atomic E-state index is -4.41. The molecule has 0 aliphatic carbocycles. The summed E-state index contributed by atoms with van der Waals surface area (Å²) < 4.78 is 32.7. The molecule has 0 aliphatic rings. The topological polar surface area (TPSA) is 124 Å². The van der Waals surface area contributed by atoms with Gasteiger partial charge in [-0.2, -0.15) is 8.42 Å². The van der Waals surface area contributed by atoms with Crippen LogP contribution >= 0.6 is 0 Å². The van der Waals surface area contributed by atoms with E-state index < -0.39 is 40.0 Å². The SMILES string of the molecule is CCCCCCCCCCCCCCCCCCCCCCC(O)C(=O)NC(CS(=O)(=O)O)C(O)CCCCCCCCCCCCCCCCCCCCC. The van der Waals surface area contributed by atoms with Gasteiger partial charge in [-0.15, -0.1) is 0 Å². The van der Waals surface area contributed by atoms with Gasteiger partial charge in [-0.3, -0.25) is 9.35 Å². The lowest BCUT2D eigenvalue weighted by Crippen LogP contribution is -2.50. The van der Waals surface area contributed by atoms with Gasteiger partial charge in [-0.25, -0.2) is 0 Å². The number of amides is 1.